The number of carboxylic acids is 1. The summed E-state index contributed by atoms with van der Waals surface area (Å²) in [7, 11) is 0. The van der Waals surface area contributed by atoms with Crippen LogP contribution in [0, 0.1) is 0 Å². The average molecular weight is 274 g/mol. The van der Waals surface area contributed by atoms with Crippen molar-refractivity contribution in [2.24, 2.45) is 0 Å². The van der Waals surface area contributed by atoms with Crippen molar-refractivity contribution in [2.75, 3.05) is 0 Å². The van der Waals surface area contributed by atoms with Crippen LogP contribution in [0.15, 0.2) is 42.5 Å². The molecule has 0 atom stereocenters. The first-order valence-corrected chi connectivity index (χ1v) is 5.88. The molecule has 0 bridgehead atoms. The van der Waals surface area contributed by atoms with Crippen LogP contribution in [0.3, 0.4) is 0 Å². The highest BCUT2D eigenvalue weighted by Crippen LogP contribution is 2.25. The van der Waals surface area contributed by atoms with Crippen LogP contribution in [0.2, 0.25) is 5.15 Å². The number of benzene rings is 1. The standard InChI is InChI=1S/C13H8ClN3O2/c14-10-6-3-7-11-15-16-12(17(10)11)8-4-1-2-5-9(8)13(18)19/h1-7H,(H,18,19). The van der Waals surface area contributed by atoms with E-state index in [2.05, 4.69) is 10.2 Å². The molecule has 3 rings (SSSR count). The van der Waals surface area contributed by atoms with E-state index in [4.69, 9.17) is 11.6 Å². The number of carboxylic acid groups (broad SMARTS) is 1. The summed E-state index contributed by atoms with van der Waals surface area (Å²) in [5.41, 5.74) is 1.22. The summed E-state index contributed by atoms with van der Waals surface area (Å²) < 4.78 is 1.61. The van der Waals surface area contributed by atoms with Crippen LogP contribution in [0.1, 0.15) is 10.4 Å². The molecule has 5 nitrogen and oxygen atoms in total. The summed E-state index contributed by atoms with van der Waals surface area (Å²) in [5, 5.41) is 17.7. The molecule has 1 N–H and O–H groups in total. The highest BCUT2D eigenvalue weighted by Gasteiger charge is 2.16. The van der Waals surface area contributed by atoms with Crippen LogP contribution in [0.5, 0.6) is 0 Å². The van der Waals surface area contributed by atoms with Crippen LogP contribution in [-0.4, -0.2) is 25.7 Å². The highest BCUT2D eigenvalue weighted by molar-refractivity contribution is 6.29. The number of carbonyl (C=O) groups is 1. The van der Waals surface area contributed by atoms with E-state index >= 15 is 0 Å². The van der Waals surface area contributed by atoms with Gasteiger partial charge in [-0.25, -0.2) is 4.79 Å². The Balaban J connectivity index is 2.34. The Bertz CT molecular complexity index is 782. The van der Waals surface area contributed by atoms with Crippen molar-refractivity contribution < 1.29 is 9.90 Å². The second kappa shape index (κ2) is 4.37. The van der Waals surface area contributed by atoms with E-state index < -0.39 is 5.97 Å². The maximum Gasteiger partial charge on any atom is 0.336 e. The Labute approximate surface area is 113 Å². The van der Waals surface area contributed by atoms with Gasteiger partial charge in [-0.3, -0.25) is 4.40 Å². The Morgan fingerprint density at radius 3 is 2.68 bits per heavy atom. The minimum Gasteiger partial charge on any atom is -0.478 e. The van der Waals surface area contributed by atoms with E-state index in [0.717, 1.165) is 0 Å². The Kier molecular flexibility index (Phi) is 2.68. The topological polar surface area (TPSA) is 67.5 Å². The van der Waals surface area contributed by atoms with Crippen molar-refractivity contribution in [3.63, 3.8) is 0 Å². The Morgan fingerprint density at radius 2 is 1.89 bits per heavy atom. The molecule has 0 aliphatic carbocycles. The van der Waals surface area contributed by atoms with E-state index in [1.165, 1.54) is 6.07 Å². The zero-order chi connectivity index (χ0) is 13.4. The fraction of sp³-hybridized carbons (Fsp3) is 0. The molecule has 0 radical (unpaired) electrons. The molecule has 0 unspecified atom stereocenters. The first-order valence-electron chi connectivity index (χ1n) is 5.51. The maximum absolute atomic E-state index is 11.2. The van der Waals surface area contributed by atoms with Gasteiger partial charge in [-0.1, -0.05) is 35.9 Å². The van der Waals surface area contributed by atoms with Gasteiger partial charge in [0.05, 0.1) is 5.56 Å². The lowest BCUT2D eigenvalue weighted by molar-refractivity contribution is 0.0697. The molecule has 94 valence electrons. The summed E-state index contributed by atoms with van der Waals surface area (Å²) >= 11 is 6.12. The number of nitrogens with zero attached hydrogens (tertiary/aromatic N) is 3. The molecule has 0 saturated heterocycles. The molecule has 19 heavy (non-hydrogen) atoms. The highest BCUT2D eigenvalue weighted by atomic mass is 35.5. The minimum atomic E-state index is -1.01. The summed E-state index contributed by atoms with van der Waals surface area (Å²) in [6, 6.07) is 11.8. The molecule has 2 aromatic heterocycles. The first kappa shape index (κ1) is 11.7. The van der Waals surface area contributed by atoms with E-state index in [0.29, 0.717) is 22.2 Å². The quantitative estimate of drug-likeness (QED) is 0.729. The molecule has 0 fully saturated rings. The van der Waals surface area contributed by atoms with Gasteiger partial charge >= 0.3 is 5.97 Å². The van der Waals surface area contributed by atoms with Crippen molar-refractivity contribution in [3.05, 3.63) is 53.2 Å². The largest absolute Gasteiger partial charge is 0.478 e. The van der Waals surface area contributed by atoms with Gasteiger partial charge in [0.25, 0.3) is 0 Å². The molecule has 1 aromatic carbocycles. The predicted molar refractivity (Wildman–Crippen MR) is 70.4 cm³/mol. The first-order chi connectivity index (χ1) is 9.18. The SMILES string of the molecule is O=C(O)c1ccccc1-c1nnc2cccc(Cl)n12. The minimum absolute atomic E-state index is 0.164. The van der Waals surface area contributed by atoms with Crippen molar-refractivity contribution in [3.8, 4) is 11.4 Å². The number of aromatic carboxylic acids is 1. The van der Waals surface area contributed by atoms with Crippen molar-refractivity contribution in [2.45, 2.75) is 0 Å². The van der Waals surface area contributed by atoms with Gasteiger partial charge in [0.1, 0.15) is 5.15 Å². The molecular formula is C13H8ClN3O2. The fourth-order valence-electron chi connectivity index (χ4n) is 1.94. The van der Waals surface area contributed by atoms with Gasteiger partial charge < -0.3 is 5.11 Å². The van der Waals surface area contributed by atoms with Crippen molar-refractivity contribution in [1.29, 1.82) is 0 Å². The van der Waals surface area contributed by atoms with Gasteiger partial charge in [-0.15, -0.1) is 10.2 Å². The third-order valence-corrected chi connectivity index (χ3v) is 3.07. The van der Waals surface area contributed by atoms with Gasteiger partial charge in [-0.2, -0.15) is 0 Å². The van der Waals surface area contributed by atoms with E-state index in [1.54, 1.807) is 40.8 Å². The second-order valence-electron chi connectivity index (χ2n) is 3.92. The predicted octanol–water partition coefficient (Wildman–Crippen LogP) is 2.75. The van der Waals surface area contributed by atoms with Gasteiger partial charge in [0.2, 0.25) is 0 Å². The van der Waals surface area contributed by atoms with Gasteiger partial charge in [-0.05, 0) is 18.2 Å². The summed E-state index contributed by atoms with van der Waals surface area (Å²) in [5.74, 6) is -0.599. The Hall–Kier alpha value is -2.40. The summed E-state index contributed by atoms with van der Waals surface area (Å²) in [4.78, 5) is 11.2. The monoisotopic (exact) mass is 273 g/mol. The summed E-state index contributed by atoms with van der Waals surface area (Å²) in [6.45, 7) is 0. The number of pyridine rings is 1. The van der Waals surface area contributed by atoms with Crippen LogP contribution in [0.25, 0.3) is 17.0 Å². The molecule has 0 aliphatic rings. The van der Waals surface area contributed by atoms with Crippen LogP contribution >= 0.6 is 11.6 Å². The molecule has 6 heteroatoms. The molecule has 2 heterocycles. The second-order valence-corrected chi connectivity index (χ2v) is 4.30. The third kappa shape index (κ3) is 1.84. The number of hydrogen-bond acceptors (Lipinski definition) is 3. The summed E-state index contributed by atoms with van der Waals surface area (Å²) in [6.07, 6.45) is 0. The molecule has 3 aromatic rings. The maximum atomic E-state index is 11.2. The van der Waals surface area contributed by atoms with Gasteiger partial charge in [0, 0.05) is 5.56 Å². The van der Waals surface area contributed by atoms with E-state index in [9.17, 15) is 9.90 Å². The molecule has 0 aliphatic heterocycles. The van der Waals surface area contributed by atoms with Crippen LogP contribution in [-0.2, 0) is 0 Å². The van der Waals surface area contributed by atoms with E-state index in [-0.39, 0.29) is 5.56 Å². The fourth-order valence-corrected chi connectivity index (χ4v) is 2.18. The number of rotatable bonds is 2. The molecule has 0 saturated carbocycles. The number of halogens is 1. The number of hydrogen-bond donors (Lipinski definition) is 1. The lowest BCUT2D eigenvalue weighted by atomic mass is 10.1. The van der Waals surface area contributed by atoms with Crippen molar-refractivity contribution >= 4 is 23.2 Å². The lowest BCUT2D eigenvalue weighted by Gasteiger charge is -2.05. The van der Waals surface area contributed by atoms with Crippen LogP contribution < -0.4 is 0 Å². The molecule has 0 amide bonds. The third-order valence-electron chi connectivity index (χ3n) is 2.78. The molecular weight excluding hydrogens is 266 g/mol. The van der Waals surface area contributed by atoms with Gasteiger partial charge in [0.15, 0.2) is 11.5 Å². The number of fused-ring (bicyclic) bond motifs is 1. The zero-order valence-corrected chi connectivity index (χ0v) is 10.4. The van der Waals surface area contributed by atoms with E-state index in [1.807, 2.05) is 0 Å². The zero-order valence-electron chi connectivity index (χ0n) is 9.62. The number of aromatic nitrogens is 3. The lowest BCUT2D eigenvalue weighted by Crippen LogP contribution is -2.01. The average Bonchev–Trinajstić information content (AvgIpc) is 2.84. The van der Waals surface area contributed by atoms with Crippen LogP contribution in [0.4, 0.5) is 0 Å². The normalized spacial score (nSPS) is 10.8. The van der Waals surface area contributed by atoms with Crippen molar-refractivity contribution in [1.82, 2.24) is 14.6 Å². The smallest absolute Gasteiger partial charge is 0.336 e. The molecule has 0 spiro atoms. The Morgan fingerprint density at radius 1 is 1.11 bits per heavy atom.